The zero-order valence-corrected chi connectivity index (χ0v) is 14.0. The van der Waals surface area contributed by atoms with Crippen LogP contribution in [0, 0.1) is 0 Å². The summed E-state index contributed by atoms with van der Waals surface area (Å²) < 4.78 is 11.1. The average Bonchev–Trinajstić information content (AvgIpc) is 3.34. The van der Waals surface area contributed by atoms with Crippen LogP contribution in [-0.4, -0.2) is 40.9 Å². The lowest BCUT2D eigenvalue weighted by Crippen LogP contribution is -2.45. The Balaban J connectivity index is 1.55. The van der Waals surface area contributed by atoms with Crippen molar-refractivity contribution in [3.05, 3.63) is 41.7 Å². The SMILES string of the molecule is O=C(Nc1n[nH]c([C@H]2CCCO2)n1)C1(c2ccccc2)CCOCC1. The largest absolute Gasteiger partial charge is 0.381 e. The van der Waals surface area contributed by atoms with Gasteiger partial charge in [-0.25, -0.2) is 0 Å². The van der Waals surface area contributed by atoms with Crippen molar-refractivity contribution >= 4 is 11.9 Å². The summed E-state index contributed by atoms with van der Waals surface area (Å²) >= 11 is 0. The zero-order valence-electron chi connectivity index (χ0n) is 14.0. The molecule has 1 amide bonds. The van der Waals surface area contributed by atoms with Crippen molar-refractivity contribution < 1.29 is 14.3 Å². The summed E-state index contributed by atoms with van der Waals surface area (Å²) in [5, 5.41) is 9.92. The molecule has 0 radical (unpaired) electrons. The number of ether oxygens (including phenoxy) is 2. The van der Waals surface area contributed by atoms with Gasteiger partial charge in [0.2, 0.25) is 11.9 Å². The Morgan fingerprint density at radius 1 is 1.20 bits per heavy atom. The molecule has 2 N–H and O–H groups in total. The molecule has 2 aliphatic heterocycles. The Bertz CT molecular complexity index is 719. The number of H-pyrrole nitrogens is 1. The summed E-state index contributed by atoms with van der Waals surface area (Å²) in [7, 11) is 0. The highest BCUT2D eigenvalue weighted by molar-refractivity contribution is 5.98. The molecule has 3 heterocycles. The highest BCUT2D eigenvalue weighted by Crippen LogP contribution is 2.36. The van der Waals surface area contributed by atoms with E-state index in [0.717, 1.165) is 25.0 Å². The topological polar surface area (TPSA) is 89.1 Å². The summed E-state index contributed by atoms with van der Waals surface area (Å²) in [5.74, 6) is 0.894. The molecule has 0 bridgehead atoms. The predicted molar refractivity (Wildman–Crippen MR) is 91.1 cm³/mol. The first-order chi connectivity index (χ1) is 12.3. The third kappa shape index (κ3) is 3.17. The van der Waals surface area contributed by atoms with Gasteiger partial charge in [0, 0.05) is 19.8 Å². The molecule has 2 aromatic rings. The Morgan fingerprint density at radius 3 is 2.72 bits per heavy atom. The van der Waals surface area contributed by atoms with Gasteiger partial charge in [0.25, 0.3) is 0 Å². The van der Waals surface area contributed by atoms with E-state index >= 15 is 0 Å². The van der Waals surface area contributed by atoms with E-state index in [2.05, 4.69) is 20.5 Å². The van der Waals surface area contributed by atoms with Crippen LogP contribution in [-0.2, 0) is 19.7 Å². The van der Waals surface area contributed by atoms with E-state index in [4.69, 9.17) is 9.47 Å². The van der Waals surface area contributed by atoms with Crippen LogP contribution in [0.25, 0.3) is 0 Å². The number of aromatic amines is 1. The maximum absolute atomic E-state index is 13.1. The van der Waals surface area contributed by atoms with Gasteiger partial charge in [0.15, 0.2) is 5.82 Å². The molecule has 0 aliphatic carbocycles. The smallest absolute Gasteiger partial charge is 0.248 e. The molecule has 132 valence electrons. The summed E-state index contributed by atoms with van der Waals surface area (Å²) in [6.07, 6.45) is 3.18. The summed E-state index contributed by atoms with van der Waals surface area (Å²) in [6.45, 7) is 1.87. The van der Waals surface area contributed by atoms with Crippen molar-refractivity contribution in [2.45, 2.75) is 37.2 Å². The first-order valence-corrected chi connectivity index (χ1v) is 8.76. The Morgan fingerprint density at radius 2 is 2.00 bits per heavy atom. The molecule has 0 spiro atoms. The number of hydrogen-bond donors (Lipinski definition) is 2. The van der Waals surface area contributed by atoms with Crippen LogP contribution in [0.5, 0.6) is 0 Å². The lowest BCUT2D eigenvalue weighted by molar-refractivity contribution is -0.125. The average molecular weight is 342 g/mol. The van der Waals surface area contributed by atoms with Gasteiger partial charge in [-0.1, -0.05) is 30.3 Å². The fraction of sp³-hybridized carbons (Fsp3) is 0.500. The molecule has 2 aliphatic rings. The third-order valence-corrected chi connectivity index (χ3v) is 5.07. The van der Waals surface area contributed by atoms with Crippen LogP contribution in [0.4, 0.5) is 5.95 Å². The van der Waals surface area contributed by atoms with Gasteiger partial charge in [-0.2, -0.15) is 4.98 Å². The van der Waals surface area contributed by atoms with Gasteiger partial charge in [-0.3, -0.25) is 15.2 Å². The quantitative estimate of drug-likeness (QED) is 0.890. The molecule has 4 rings (SSSR count). The Kier molecular flexibility index (Phi) is 4.50. The van der Waals surface area contributed by atoms with Crippen molar-refractivity contribution in [3.63, 3.8) is 0 Å². The molecule has 25 heavy (non-hydrogen) atoms. The number of benzene rings is 1. The van der Waals surface area contributed by atoms with Crippen molar-refractivity contribution in [1.29, 1.82) is 0 Å². The van der Waals surface area contributed by atoms with Crippen LogP contribution in [0.1, 0.15) is 43.2 Å². The van der Waals surface area contributed by atoms with Gasteiger partial charge < -0.3 is 9.47 Å². The van der Waals surface area contributed by atoms with E-state index in [0.29, 0.717) is 37.8 Å². The van der Waals surface area contributed by atoms with E-state index < -0.39 is 5.41 Å². The van der Waals surface area contributed by atoms with Crippen LogP contribution in [0.15, 0.2) is 30.3 Å². The summed E-state index contributed by atoms with van der Waals surface area (Å²) in [4.78, 5) is 17.5. The number of carbonyl (C=O) groups is 1. The standard InChI is InChI=1S/C18H22N4O3/c23-16(20-17-19-15(21-22-17)14-7-4-10-25-14)18(8-11-24-12-9-18)13-5-2-1-3-6-13/h1-3,5-6,14H,4,7-12H2,(H2,19,20,21,22,23)/t14-/m1/s1. The minimum absolute atomic E-state index is 0.0516. The van der Waals surface area contributed by atoms with Crippen LogP contribution >= 0.6 is 0 Å². The lowest BCUT2D eigenvalue weighted by Gasteiger charge is -2.35. The highest BCUT2D eigenvalue weighted by atomic mass is 16.5. The number of carbonyl (C=O) groups excluding carboxylic acids is 1. The first kappa shape index (κ1) is 16.2. The number of rotatable bonds is 4. The monoisotopic (exact) mass is 342 g/mol. The number of aromatic nitrogens is 3. The molecule has 2 saturated heterocycles. The molecule has 2 fully saturated rings. The van der Waals surface area contributed by atoms with E-state index in [-0.39, 0.29) is 12.0 Å². The maximum atomic E-state index is 13.1. The van der Waals surface area contributed by atoms with E-state index in [1.165, 1.54) is 0 Å². The van der Waals surface area contributed by atoms with E-state index in [9.17, 15) is 4.79 Å². The van der Waals surface area contributed by atoms with E-state index in [1.54, 1.807) is 0 Å². The molecule has 1 aromatic heterocycles. The molecule has 1 atom stereocenters. The molecule has 0 unspecified atom stereocenters. The molecule has 7 heteroatoms. The lowest BCUT2D eigenvalue weighted by atomic mass is 9.73. The van der Waals surface area contributed by atoms with Gasteiger partial charge in [-0.05, 0) is 31.2 Å². The molecular formula is C18H22N4O3. The minimum atomic E-state index is -0.607. The fourth-order valence-corrected chi connectivity index (χ4v) is 3.61. The Hall–Kier alpha value is -2.25. The van der Waals surface area contributed by atoms with E-state index in [1.807, 2.05) is 30.3 Å². The summed E-state index contributed by atoms with van der Waals surface area (Å²) in [5.41, 5.74) is 0.398. The van der Waals surface area contributed by atoms with Gasteiger partial charge in [0.05, 0.1) is 5.41 Å². The molecule has 7 nitrogen and oxygen atoms in total. The van der Waals surface area contributed by atoms with Crippen molar-refractivity contribution in [3.8, 4) is 0 Å². The summed E-state index contributed by atoms with van der Waals surface area (Å²) in [6, 6.07) is 9.88. The van der Waals surface area contributed by atoms with Crippen molar-refractivity contribution in [1.82, 2.24) is 15.2 Å². The van der Waals surface area contributed by atoms with Gasteiger partial charge in [0.1, 0.15) is 6.10 Å². The van der Waals surface area contributed by atoms with Crippen molar-refractivity contribution in [2.75, 3.05) is 25.1 Å². The van der Waals surface area contributed by atoms with Gasteiger partial charge >= 0.3 is 0 Å². The fourth-order valence-electron chi connectivity index (χ4n) is 3.61. The second-order valence-corrected chi connectivity index (χ2v) is 6.56. The number of nitrogens with one attached hydrogen (secondary N) is 2. The number of amides is 1. The highest BCUT2D eigenvalue weighted by Gasteiger charge is 2.42. The molecular weight excluding hydrogens is 320 g/mol. The Labute approximate surface area is 146 Å². The maximum Gasteiger partial charge on any atom is 0.248 e. The second-order valence-electron chi connectivity index (χ2n) is 6.56. The van der Waals surface area contributed by atoms with Crippen LogP contribution in [0.3, 0.4) is 0 Å². The normalized spacial score (nSPS) is 22.6. The number of nitrogens with zero attached hydrogens (tertiary/aromatic N) is 2. The third-order valence-electron chi connectivity index (χ3n) is 5.07. The second kappa shape index (κ2) is 6.93. The first-order valence-electron chi connectivity index (χ1n) is 8.76. The van der Waals surface area contributed by atoms with Crippen molar-refractivity contribution in [2.24, 2.45) is 0 Å². The molecule has 1 aromatic carbocycles. The zero-order chi connectivity index (χ0) is 17.1. The van der Waals surface area contributed by atoms with Gasteiger partial charge in [-0.15, -0.1) is 5.10 Å². The minimum Gasteiger partial charge on any atom is -0.381 e. The van der Waals surface area contributed by atoms with Crippen LogP contribution < -0.4 is 5.32 Å². The number of hydrogen-bond acceptors (Lipinski definition) is 5. The molecule has 0 saturated carbocycles. The van der Waals surface area contributed by atoms with Crippen LogP contribution in [0.2, 0.25) is 0 Å². The predicted octanol–water partition coefficient (Wildman–Crippen LogP) is 2.34. The number of anilines is 1.